The van der Waals surface area contributed by atoms with Crippen LogP contribution in [-0.4, -0.2) is 17.2 Å². The van der Waals surface area contributed by atoms with Gasteiger partial charge in [-0.15, -0.1) is 0 Å². The van der Waals surface area contributed by atoms with E-state index >= 15 is 0 Å². The largest absolute Gasteiger partial charge is 0.360 e. The molecule has 0 aromatic rings. The first-order valence-electron chi connectivity index (χ1n) is 5.33. The molecule has 0 aromatic heterocycles. The zero-order chi connectivity index (χ0) is 9.26. The van der Waals surface area contributed by atoms with Crippen molar-refractivity contribution in [1.82, 2.24) is 10.6 Å². The summed E-state index contributed by atoms with van der Waals surface area (Å²) >= 11 is 5.24. The maximum Gasteiger partial charge on any atom is 0.166 e. The van der Waals surface area contributed by atoms with Gasteiger partial charge >= 0.3 is 0 Å². The summed E-state index contributed by atoms with van der Waals surface area (Å²) in [5.74, 6) is 0.791. The summed E-state index contributed by atoms with van der Waals surface area (Å²) in [6.45, 7) is 2.31. The zero-order valence-corrected chi connectivity index (χ0v) is 8.99. The van der Waals surface area contributed by atoms with Crippen molar-refractivity contribution >= 4 is 17.3 Å². The quantitative estimate of drug-likeness (QED) is 0.662. The fourth-order valence-electron chi connectivity index (χ4n) is 1.98. The Morgan fingerprint density at radius 1 is 1.15 bits per heavy atom. The third-order valence-corrected chi connectivity index (χ3v) is 3.33. The lowest BCUT2D eigenvalue weighted by Crippen LogP contribution is -2.43. The highest BCUT2D eigenvalue weighted by atomic mass is 32.1. The summed E-state index contributed by atoms with van der Waals surface area (Å²) in [4.78, 5) is 0. The Hall–Kier alpha value is -0.310. The molecule has 0 amide bonds. The number of hydrogen-bond acceptors (Lipinski definition) is 1. The predicted molar refractivity (Wildman–Crippen MR) is 58.7 cm³/mol. The van der Waals surface area contributed by atoms with Gasteiger partial charge in [-0.3, -0.25) is 0 Å². The van der Waals surface area contributed by atoms with E-state index in [-0.39, 0.29) is 0 Å². The Labute approximate surface area is 85.5 Å². The van der Waals surface area contributed by atoms with Crippen molar-refractivity contribution in [3.05, 3.63) is 0 Å². The molecule has 2 unspecified atom stereocenters. The minimum absolute atomic E-state index is 0.624. The highest BCUT2D eigenvalue weighted by Gasteiger charge is 2.26. The molecular weight excluding hydrogens is 180 g/mol. The third-order valence-electron chi connectivity index (χ3n) is 3.09. The molecule has 0 heterocycles. The summed E-state index contributed by atoms with van der Waals surface area (Å²) < 4.78 is 0. The van der Waals surface area contributed by atoms with Crippen molar-refractivity contribution in [3.8, 4) is 0 Å². The average molecular weight is 198 g/mol. The van der Waals surface area contributed by atoms with Gasteiger partial charge in [-0.05, 0) is 43.8 Å². The lowest BCUT2D eigenvalue weighted by Gasteiger charge is -2.19. The van der Waals surface area contributed by atoms with E-state index in [1.165, 1.54) is 32.1 Å². The van der Waals surface area contributed by atoms with Gasteiger partial charge < -0.3 is 10.6 Å². The Kier molecular flexibility index (Phi) is 2.72. The molecule has 2 aliphatic rings. The topological polar surface area (TPSA) is 24.1 Å². The lowest BCUT2D eigenvalue weighted by molar-refractivity contribution is 0.484. The van der Waals surface area contributed by atoms with Crippen molar-refractivity contribution in [2.45, 2.75) is 51.1 Å². The van der Waals surface area contributed by atoms with Gasteiger partial charge in [-0.1, -0.05) is 13.3 Å². The van der Waals surface area contributed by atoms with E-state index in [1.807, 2.05) is 0 Å². The number of rotatable bonds is 2. The molecule has 0 bridgehead atoms. The molecule has 13 heavy (non-hydrogen) atoms. The van der Waals surface area contributed by atoms with E-state index in [0.717, 1.165) is 11.0 Å². The Morgan fingerprint density at radius 3 is 2.46 bits per heavy atom. The van der Waals surface area contributed by atoms with Gasteiger partial charge in [0.15, 0.2) is 5.11 Å². The zero-order valence-electron chi connectivity index (χ0n) is 8.18. The maximum atomic E-state index is 5.24. The molecule has 0 saturated heterocycles. The first-order chi connectivity index (χ1) is 6.25. The van der Waals surface area contributed by atoms with Crippen molar-refractivity contribution in [3.63, 3.8) is 0 Å². The summed E-state index contributed by atoms with van der Waals surface area (Å²) in [5.41, 5.74) is 0. The Bertz CT molecular complexity index is 201. The molecule has 74 valence electrons. The highest BCUT2D eigenvalue weighted by molar-refractivity contribution is 7.80. The fourth-order valence-corrected chi connectivity index (χ4v) is 2.30. The van der Waals surface area contributed by atoms with Gasteiger partial charge in [0.2, 0.25) is 0 Å². The van der Waals surface area contributed by atoms with Crippen LogP contribution in [0.15, 0.2) is 0 Å². The summed E-state index contributed by atoms with van der Waals surface area (Å²) in [6, 6.07) is 1.30. The second-order valence-corrected chi connectivity index (χ2v) is 4.82. The molecule has 2 saturated carbocycles. The molecular formula is C10H18N2S. The summed E-state index contributed by atoms with van der Waals surface area (Å²) in [6.07, 6.45) is 6.58. The van der Waals surface area contributed by atoms with Gasteiger partial charge in [0, 0.05) is 12.1 Å². The van der Waals surface area contributed by atoms with Crippen LogP contribution in [0, 0.1) is 5.92 Å². The molecule has 0 aromatic carbocycles. The van der Waals surface area contributed by atoms with Crippen molar-refractivity contribution in [1.29, 1.82) is 0 Å². The average Bonchev–Trinajstić information content (AvgIpc) is 2.79. The van der Waals surface area contributed by atoms with Gasteiger partial charge in [0.05, 0.1) is 0 Å². The molecule has 0 spiro atoms. The van der Waals surface area contributed by atoms with Crippen molar-refractivity contribution in [2.24, 2.45) is 5.92 Å². The molecule has 2 aliphatic carbocycles. The summed E-state index contributed by atoms with van der Waals surface area (Å²) in [7, 11) is 0. The van der Waals surface area contributed by atoms with E-state index in [4.69, 9.17) is 12.2 Å². The minimum Gasteiger partial charge on any atom is -0.360 e. The first kappa shape index (κ1) is 9.25. The van der Waals surface area contributed by atoms with E-state index in [2.05, 4.69) is 17.6 Å². The predicted octanol–water partition coefficient (Wildman–Crippen LogP) is 1.80. The lowest BCUT2D eigenvalue weighted by atomic mass is 10.1. The normalized spacial score (nSPS) is 33.0. The Morgan fingerprint density at radius 2 is 1.92 bits per heavy atom. The van der Waals surface area contributed by atoms with Crippen LogP contribution in [0.4, 0.5) is 0 Å². The van der Waals surface area contributed by atoms with Gasteiger partial charge in [-0.2, -0.15) is 0 Å². The van der Waals surface area contributed by atoms with E-state index < -0.39 is 0 Å². The molecule has 0 aliphatic heterocycles. The maximum absolute atomic E-state index is 5.24. The van der Waals surface area contributed by atoms with E-state index in [0.29, 0.717) is 12.1 Å². The van der Waals surface area contributed by atoms with Gasteiger partial charge in [-0.25, -0.2) is 0 Å². The minimum atomic E-state index is 0.624. The van der Waals surface area contributed by atoms with Crippen molar-refractivity contribution in [2.75, 3.05) is 0 Å². The number of hydrogen-bond donors (Lipinski definition) is 2. The monoisotopic (exact) mass is 198 g/mol. The van der Waals surface area contributed by atoms with E-state index in [9.17, 15) is 0 Å². The Balaban J connectivity index is 1.72. The molecule has 0 radical (unpaired) electrons. The number of thiocarbonyl (C=S) groups is 1. The molecule has 2 atom stereocenters. The van der Waals surface area contributed by atoms with Crippen LogP contribution in [0.1, 0.15) is 39.0 Å². The SMILES string of the molecule is CC1CCCC1NC(=S)NC1CC1. The van der Waals surface area contributed by atoms with Gasteiger partial charge in [0.25, 0.3) is 0 Å². The van der Waals surface area contributed by atoms with Crippen LogP contribution in [0.25, 0.3) is 0 Å². The van der Waals surface area contributed by atoms with Crippen molar-refractivity contribution < 1.29 is 0 Å². The van der Waals surface area contributed by atoms with E-state index in [1.54, 1.807) is 0 Å². The van der Waals surface area contributed by atoms with Crippen LogP contribution in [0.3, 0.4) is 0 Å². The third kappa shape index (κ3) is 2.56. The molecule has 3 heteroatoms. The van der Waals surface area contributed by atoms with Crippen LogP contribution in [-0.2, 0) is 0 Å². The molecule has 2 rings (SSSR count). The first-order valence-corrected chi connectivity index (χ1v) is 5.73. The fraction of sp³-hybridized carbons (Fsp3) is 0.900. The van der Waals surface area contributed by atoms with Crippen LogP contribution >= 0.6 is 12.2 Å². The highest BCUT2D eigenvalue weighted by Crippen LogP contribution is 2.25. The standard InChI is InChI=1S/C10H18N2S/c1-7-3-2-4-9(7)12-10(13)11-8-5-6-8/h7-9H,2-6H2,1H3,(H2,11,12,13). The second kappa shape index (κ2) is 3.82. The molecule has 2 N–H and O–H groups in total. The second-order valence-electron chi connectivity index (χ2n) is 4.41. The van der Waals surface area contributed by atoms with Gasteiger partial charge in [0.1, 0.15) is 0 Å². The van der Waals surface area contributed by atoms with Crippen LogP contribution in [0.2, 0.25) is 0 Å². The van der Waals surface area contributed by atoms with Crippen LogP contribution < -0.4 is 10.6 Å². The molecule has 2 nitrogen and oxygen atoms in total. The molecule has 2 fully saturated rings. The summed E-state index contributed by atoms with van der Waals surface area (Å²) in [5, 5.41) is 7.62. The van der Waals surface area contributed by atoms with Crippen LogP contribution in [0.5, 0.6) is 0 Å². The smallest absolute Gasteiger partial charge is 0.166 e. The number of nitrogens with one attached hydrogen (secondary N) is 2.